The Hall–Kier alpha value is -0.860. The van der Waals surface area contributed by atoms with E-state index in [1.807, 2.05) is 0 Å². The second-order valence-corrected chi connectivity index (χ2v) is 7.87. The molecule has 21 heavy (non-hydrogen) atoms. The van der Waals surface area contributed by atoms with Gasteiger partial charge in [-0.15, -0.1) is 0 Å². The normalized spacial score (nSPS) is 22.7. The van der Waals surface area contributed by atoms with E-state index in [1.165, 1.54) is 23.1 Å². The van der Waals surface area contributed by atoms with Crippen LogP contribution in [0.25, 0.3) is 0 Å². The third-order valence-corrected chi connectivity index (χ3v) is 4.63. The zero-order chi connectivity index (χ0) is 15.6. The summed E-state index contributed by atoms with van der Waals surface area (Å²) in [6.45, 7) is 17.0. The smallest absolute Gasteiger partial charge is 0.0253 e. The number of hydrogen-bond donors (Lipinski definition) is 1. The minimum atomic E-state index is 0.215. The first-order chi connectivity index (χ1) is 9.77. The standard InChI is InChI=1S/C19H32N2/c1-14(2)9-18-11-20-19(5,6)13-21(18)12-17-8-7-15(3)16(4)10-17/h7-8,10,14,18,20H,9,11-13H2,1-6H3. The molecule has 1 heterocycles. The van der Waals surface area contributed by atoms with E-state index in [4.69, 9.17) is 0 Å². The molecule has 2 heteroatoms. The number of nitrogens with one attached hydrogen (secondary N) is 1. The van der Waals surface area contributed by atoms with Gasteiger partial charge in [0.25, 0.3) is 0 Å². The Morgan fingerprint density at radius 1 is 1.24 bits per heavy atom. The molecule has 118 valence electrons. The number of benzene rings is 1. The van der Waals surface area contributed by atoms with E-state index < -0.39 is 0 Å². The van der Waals surface area contributed by atoms with Gasteiger partial charge in [0.05, 0.1) is 0 Å². The molecule has 1 aromatic carbocycles. The SMILES string of the molecule is Cc1ccc(CN2CC(C)(C)NCC2CC(C)C)cc1C. The quantitative estimate of drug-likeness (QED) is 0.904. The molecule has 0 bridgehead atoms. The molecule has 0 aromatic heterocycles. The topological polar surface area (TPSA) is 15.3 Å². The van der Waals surface area contributed by atoms with Gasteiger partial charge in [-0.25, -0.2) is 0 Å². The highest BCUT2D eigenvalue weighted by atomic mass is 15.2. The molecule has 0 aliphatic carbocycles. The van der Waals surface area contributed by atoms with Crippen LogP contribution >= 0.6 is 0 Å². The molecule has 1 aromatic rings. The van der Waals surface area contributed by atoms with Crippen molar-refractivity contribution >= 4 is 0 Å². The summed E-state index contributed by atoms with van der Waals surface area (Å²) in [6, 6.07) is 7.57. The molecule has 0 saturated carbocycles. The van der Waals surface area contributed by atoms with Gasteiger partial charge in [-0.3, -0.25) is 4.90 Å². The average molecular weight is 288 g/mol. The lowest BCUT2D eigenvalue weighted by molar-refractivity contribution is 0.0760. The zero-order valence-electron chi connectivity index (χ0n) is 14.7. The predicted octanol–water partition coefficient (Wildman–Crippen LogP) is 3.90. The monoisotopic (exact) mass is 288 g/mol. The summed E-state index contributed by atoms with van der Waals surface area (Å²) in [5.41, 5.74) is 4.46. The number of aryl methyl sites for hydroxylation is 2. The Balaban J connectivity index is 2.13. The highest BCUT2D eigenvalue weighted by molar-refractivity contribution is 5.30. The van der Waals surface area contributed by atoms with Crippen molar-refractivity contribution in [2.24, 2.45) is 5.92 Å². The molecule has 1 aliphatic heterocycles. The van der Waals surface area contributed by atoms with Crippen molar-refractivity contribution in [3.05, 3.63) is 34.9 Å². The Kier molecular flexibility index (Phi) is 5.11. The second-order valence-electron chi connectivity index (χ2n) is 7.87. The molecular weight excluding hydrogens is 256 g/mol. The fourth-order valence-corrected chi connectivity index (χ4v) is 3.31. The fraction of sp³-hybridized carbons (Fsp3) is 0.684. The van der Waals surface area contributed by atoms with Gasteiger partial charge in [0.2, 0.25) is 0 Å². The zero-order valence-corrected chi connectivity index (χ0v) is 14.7. The summed E-state index contributed by atoms with van der Waals surface area (Å²) in [6.07, 6.45) is 1.27. The molecule has 2 rings (SSSR count). The predicted molar refractivity (Wildman–Crippen MR) is 91.7 cm³/mol. The second kappa shape index (κ2) is 6.50. The van der Waals surface area contributed by atoms with Crippen LogP contribution in [0.3, 0.4) is 0 Å². The van der Waals surface area contributed by atoms with Crippen molar-refractivity contribution in [1.82, 2.24) is 10.2 Å². The van der Waals surface area contributed by atoms with Gasteiger partial charge in [-0.05, 0) is 56.7 Å². The van der Waals surface area contributed by atoms with Crippen LogP contribution in [-0.4, -0.2) is 29.6 Å². The molecule has 1 aliphatic rings. The van der Waals surface area contributed by atoms with Crippen LogP contribution in [-0.2, 0) is 6.54 Å². The number of hydrogen-bond acceptors (Lipinski definition) is 2. The van der Waals surface area contributed by atoms with E-state index in [9.17, 15) is 0 Å². The van der Waals surface area contributed by atoms with E-state index >= 15 is 0 Å². The lowest BCUT2D eigenvalue weighted by atomic mass is 9.93. The first-order valence-electron chi connectivity index (χ1n) is 8.32. The summed E-state index contributed by atoms with van der Waals surface area (Å²) in [4.78, 5) is 2.68. The Labute approximate surface area is 130 Å². The lowest BCUT2D eigenvalue weighted by Crippen LogP contribution is -2.61. The van der Waals surface area contributed by atoms with Crippen LogP contribution in [0.15, 0.2) is 18.2 Å². The van der Waals surface area contributed by atoms with E-state index in [-0.39, 0.29) is 5.54 Å². The molecule has 2 nitrogen and oxygen atoms in total. The minimum absolute atomic E-state index is 0.215. The summed E-state index contributed by atoms with van der Waals surface area (Å²) in [5.74, 6) is 0.750. The molecule has 1 atom stereocenters. The van der Waals surface area contributed by atoms with Crippen LogP contribution in [0.1, 0.15) is 50.8 Å². The lowest BCUT2D eigenvalue weighted by Gasteiger charge is -2.45. The van der Waals surface area contributed by atoms with E-state index in [0.29, 0.717) is 6.04 Å². The largest absolute Gasteiger partial charge is 0.309 e. The van der Waals surface area contributed by atoms with E-state index in [2.05, 4.69) is 70.0 Å². The molecule has 1 unspecified atom stereocenters. The first kappa shape index (κ1) is 16.5. The number of piperazine rings is 1. The molecule has 0 spiro atoms. The highest BCUT2D eigenvalue weighted by Gasteiger charge is 2.32. The van der Waals surface area contributed by atoms with Crippen molar-refractivity contribution in [1.29, 1.82) is 0 Å². The fourth-order valence-electron chi connectivity index (χ4n) is 3.31. The highest BCUT2D eigenvalue weighted by Crippen LogP contribution is 2.23. The number of nitrogens with zero attached hydrogens (tertiary/aromatic N) is 1. The van der Waals surface area contributed by atoms with Gasteiger partial charge in [0, 0.05) is 31.2 Å². The summed E-state index contributed by atoms with van der Waals surface area (Å²) < 4.78 is 0. The maximum absolute atomic E-state index is 3.71. The van der Waals surface area contributed by atoms with Crippen molar-refractivity contribution in [3.8, 4) is 0 Å². The molecule has 1 N–H and O–H groups in total. The maximum Gasteiger partial charge on any atom is 0.0253 e. The number of rotatable bonds is 4. The van der Waals surface area contributed by atoms with Crippen molar-refractivity contribution in [3.63, 3.8) is 0 Å². The van der Waals surface area contributed by atoms with Gasteiger partial charge >= 0.3 is 0 Å². The van der Waals surface area contributed by atoms with E-state index in [1.54, 1.807) is 0 Å². The Morgan fingerprint density at radius 3 is 2.57 bits per heavy atom. The minimum Gasteiger partial charge on any atom is -0.309 e. The van der Waals surface area contributed by atoms with Crippen molar-refractivity contribution in [2.75, 3.05) is 13.1 Å². The van der Waals surface area contributed by atoms with Crippen LogP contribution in [0.4, 0.5) is 0 Å². The maximum atomic E-state index is 3.71. The van der Waals surface area contributed by atoms with Crippen LogP contribution in [0.2, 0.25) is 0 Å². The van der Waals surface area contributed by atoms with Crippen LogP contribution in [0.5, 0.6) is 0 Å². The Morgan fingerprint density at radius 2 is 1.95 bits per heavy atom. The van der Waals surface area contributed by atoms with Crippen molar-refractivity contribution in [2.45, 2.75) is 66.1 Å². The average Bonchev–Trinajstić information content (AvgIpc) is 2.36. The third-order valence-electron chi connectivity index (χ3n) is 4.63. The molecular formula is C19H32N2. The third kappa shape index (κ3) is 4.55. The van der Waals surface area contributed by atoms with Crippen LogP contribution < -0.4 is 5.32 Å². The van der Waals surface area contributed by atoms with Crippen LogP contribution in [0, 0.1) is 19.8 Å². The van der Waals surface area contributed by atoms with Crippen molar-refractivity contribution < 1.29 is 0 Å². The van der Waals surface area contributed by atoms with Gasteiger partial charge in [-0.2, -0.15) is 0 Å². The van der Waals surface area contributed by atoms with Gasteiger partial charge in [0.1, 0.15) is 0 Å². The molecule has 1 saturated heterocycles. The summed E-state index contributed by atoms with van der Waals surface area (Å²) >= 11 is 0. The van der Waals surface area contributed by atoms with E-state index in [0.717, 1.165) is 25.6 Å². The first-order valence-corrected chi connectivity index (χ1v) is 8.32. The van der Waals surface area contributed by atoms with Gasteiger partial charge in [-0.1, -0.05) is 32.0 Å². The Bertz CT molecular complexity index is 476. The molecule has 0 radical (unpaired) electrons. The summed E-state index contributed by atoms with van der Waals surface area (Å²) in [5, 5.41) is 3.71. The van der Waals surface area contributed by atoms with Gasteiger partial charge < -0.3 is 5.32 Å². The molecule has 1 fully saturated rings. The summed E-state index contributed by atoms with van der Waals surface area (Å²) in [7, 11) is 0. The molecule has 0 amide bonds. The van der Waals surface area contributed by atoms with Gasteiger partial charge in [0.15, 0.2) is 0 Å².